The number of anilines is 2. The molecule has 0 radical (unpaired) electrons. The van der Waals surface area contributed by atoms with Crippen molar-refractivity contribution in [2.75, 3.05) is 55.6 Å². The number of aromatic nitrogens is 1. The minimum Gasteiger partial charge on any atom is -0.490 e. The van der Waals surface area contributed by atoms with Gasteiger partial charge in [-0.25, -0.2) is 0 Å². The molecule has 9 rings (SSSR count). The van der Waals surface area contributed by atoms with Gasteiger partial charge in [0.1, 0.15) is 17.9 Å². The summed E-state index contributed by atoms with van der Waals surface area (Å²) >= 11 is 0. The van der Waals surface area contributed by atoms with Gasteiger partial charge in [0, 0.05) is 81.2 Å². The zero-order valence-electron chi connectivity index (χ0n) is 34.0. The standard InChI is InChI=1S/C47H52N8O5/c48-29-33-5-15-42(39-2-1-20-49-44(33)39)60-37-11-6-34(7-12-37)50-30-32-3-8-35(9-4-32)53-22-18-31(19-23-53)17-21-52-24-26-54(27-25-52)36-10-13-38-40(28-36)47(59)55(46(38)58)41-14-16-43(56)51-45(41)57/h1-5,8-10,13,15,20,28,31,34,37,41,50H,6-7,11-12,14,16-19,21-27,30H2,(H,51,56,57)/t34-,37-,41?. The lowest BCUT2D eigenvalue weighted by atomic mass is 9.92. The molecule has 1 unspecified atom stereocenters. The fraction of sp³-hybridized carbons (Fsp3) is 0.447. The van der Waals surface area contributed by atoms with Crippen LogP contribution in [0.2, 0.25) is 0 Å². The summed E-state index contributed by atoms with van der Waals surface area (Å²) in [5.41, 5.74) is 5.43. The summed E-state index contributed by atoms with van der Waals surface area (Å²) in [7, 11) is 0. The van der Waals surface area contributed by atoms with Gasteiger partial charge in [-0.2, -0.15) is 5.26 Å². The predicted molar refractivity (Wildman–Crippen MR) is 228 cm³/mol. The fourth-order valence-electron chi connectivity index (χ4n) is 9.72. The van der Waals surface area contributed by atoms with Crippen LogP contribution in [0.5, 0.6) is 5.75 Å². The summed E-state index contributed by atoms with van der Waals surface area (Å²) in [6, 6.07) is 23.8. The minimum absolute atomic E-state index is 0.105. The number of nitriles is 1. The minimum atomic E-state index is -0.956. The highest BCUT2D eigenvalue weighted by atomic mass is 16.5. The SMILES string of the molecule is N#Cc1ccc(O[C@H]2CC[C@H](NCc3ccc(N4CCC(CCN5CCN(c6ccc7c(c6)C(=O)N(C6CCC(=O)NC6=O)C7=O)CC5)CC4)cc3)CC2)c2cccnc12. The smallest absolute Gasteiger partial charge is 0.262 e. The number of nitrogens with zero attached hydrogens (tertiary/aromatic N) is 6. The Hall–Kier alpha value is -5.84. The molecular formula is C47H52N8O5. The average Bonchev–Trinajstić information content (AvgIpc) is 3.53. The van der Waals surface area contributed by atoms with E-state index in [1.54, 1.807) is 24.4 Å². The van der Waals surface area contributed by atoms with Gasteiger partial charge in [-0.15, -0.1) is 0 Å². The van der Waals surface area contributed by atoms with E-state index in [9.17, 15) is 24.4 Å². The maximum absolute atomic E-state index is 13.3. The number of hydrogen-bond donors (Lipinski definition) is 2. The number of nitrogens with one attached hydrogen (secondary N) is 2. The highest BCUT2D eigenvalue weighted by Gasteiger charge is 2.45. The van der Waals surface area contributed by atoms with Gasteiger partial charge in [0.05, 0.1) is 28.3 Å². The van der Waals surface area contributed by atoms with E-state index < -0.39 is 23.8 Å². The molecule has 4 aromatic rings. The van der Waals surface area contributed by atoms with Crippen LogP contribution in [0.25, 0.3) is 10.9 Å². The molecule has 310 valence electrons. The normalized spacial score (nSPS) is 22.9. The van der Waals surface area contributed by atoms with Crippen molar-refractivity contribution in [2.45, 2.75) is 82.5 Å². The van der Waals surface area contributed by atoms with E-state index in [0.29, 0.717) is 28.2 Å². The third kappa shape index (κ3) is 8.31. The third-order valence-corrected chi connectivity index (χ3v) is 13.3. The zero-order valence-corrected chi connectivity index (χ0v) is 34.0. The molecule has 3 saturated heterocycles. The van der Waals surface area contributed by atoms with Gasteiger partial charge < -0.3 is 19.9 Å². The molecule has 3 aromatic carbocycles. The molecule has 2 N–H and O–H groups in total. The van der Waals surface area contributed by atoms with E-state index in [2.05, 4.69) is 60.7 Å². The van der Waals surface area contributed by atoms with Crippen LogP contribution in [-0.2, 0) is 16.1 Å². The van der Waals surface area contributed by atoms with Crippen LogP contribution in [0.4, 0.5) is 11.4 Å². The van der Waals surface area contributed by atoms with E-state index in [0.717, 1.165) is 106 Å². The lowest BCUT2D eigenvalue weighted by Gasteiger charge is -2.38. The van der Waals surface area contributed by atoms with Gasteiger partial charge >= 0.3 is 0 Å². The number of amides is 4. The molecule has 1 saturated carbocycles. The predicted octanol–water partition coefficient (Wildman–Crippen LogP) is 5.42. The lowest BCUT2D eigenvalue weighted by Crippen LogP contribution is -2.54. The Kier molecular flexibility index (Phi) is 11.5. The molecule has 13 nitrogen and oxygen atoms in total. The van der Waals surface area contributed by atoms with Gasteiger partial charge in [0.15, 0.2) is 0 Å². The second-order valence-corrected chi connectivity index (χ2v) is 17.0. The Labute approximate surface area is 350 Å². The number of carbonyl (C=O) groups excluding carboxylic acids is 4. The van der Waals surface area contributed by atoms with E-state index in [1.165, 1.54) is 30.5 Å². The number of pyridine rings is 1. The van der Waals surface area contributed by atoms with Gasteiger partial charge in [0.25, 0.3) is 11.8 Å². The van der Waals surface area contributed by atoms with Crippen molar-refractivity contribution in [3.05, 3.63) is 95.2 Å². The largest absolute Gasteiger partial charge is 0.490 e. The van der Waals surface area contributed by atoms with Gasteiger partial charge in [-0.1, -0.05) is 12.1 Å². The maximum Gasteiger partial charge on any atom is 0.262 e. The number of ether oxygens (including phenoxy) is 1. The first-order chi connectivity index (χ1) is 29.3. The molecule has 1 aromatic heterocycles. The number of piperazine rings is 1. The number of imide groups is 2. The summed E-state index contributed by atoms with van der Waals surface area (Å²) < 4.78 is 6.43. The molecule has 4 amide bonds. The Morgan fingerprint density at radius 1 is 0.783 bits per heavy atom. The molecule has 5 heterocycles. The van der Waals surface area contributed by atoms with Crippen molar-refractivity contribution >= 4 is 45.9 Å². The molecule has 1 atom stereocenters. The fourth-order valence-corrected chi connectivity index (χ4v) is 9.72. The summed E-state index contributed by atoms with van der Waals surface area (Å²) in [6.07, 6.45) is 9.86. The number of fused-ring (bicyclic) bond motifs is 2. The summed E-state index contributed by atoms with van der Waals surface area (Å²) in [5, 5.41) is 16.4. The van der Waals surface area contributed by atoms with E-state index in [-0.39, 0.29) is 24.9 Å². The monoisotopic (exact) mass is 808 g/mol. The van der Waals surface area contributed by atoms with Crippen LogP contribution >= 0.6 is 0 Å². The molecule has 0 spiro atoms. The lowest BCUT2D eigenvalue weighted by molar-refractivity contribution is -0.136. The Bertz CT molecular complexity index is 2300. The number of piperidine rings is 2. The van der Waals surface area contributed by atoms with Crippen molar-refractivity contribution in [3.8, 4) is 11.8 Å². The zero-order chi connectivity index (χ0) is 41.2. The van der Waals surface area contributed by atoms with Crippen molar-refractivity contribution in [1.82, 2.24) is 25.4 Å². The van der Waals surface area contributed by atoms with Crippen LogP contribution in [-0.4, -0.2) is 102 Å². The molecule has 5 aliphatic rings. The Balaban J connectivity index is 0.672. The average molecular weight is 809 g/mol. The van der Waals surface area contributed by atoms with Gasteiger partial charge in [-0.3, -0.25) is 39.3 Å². The van der Waals surface area contributed by atoms with Crippen molar-refractivity contribution in [3.63, 3.8) is 0 Å². The molecule has 4 aliphatic heterocycles. The number of rotatable bonds is 11. The van der Waals surface area contributed by atoms with E-state index in [1.807, 2.05) is 24.3 Å². The maximum atomic E-state index is 13.3. The summed E-state index contributed by atoms with van der Waals surface area (Å²) in [4.78, 5) is 63.3. The van der Waals surface area contributed by atoms with Crippen molar-refractivity contribution < 1.29 is 23.9 Å². The first-order valence-electron chi connectivity index (χ1n) is 21.7. The molecule has 60 heavy (non-hydrogen) atoms. The van der Waals surface area contributed by atoms with Gasteiger partial charge in [-0.05, 0) is 124 Å². The van der Waals surface area contributed by atoms with Gasteiger partial charge in [0.2, 0.25) is 11.8 Å². The highest BCUT2D eigenvalue weighted by Crippen LogP contribution is 2.33. The number of carbonyl (C=O) groups is 4. The molecule has 1 aliphatic carbocycles. The van der Waals surface area contributed by atoms with E-state index >= 15 is 0 Å². The number of benzene rings is 3. The van der Waals surface area contributed by atoms with Crippen LogP contribution in [0.1, 0.15) is 89.6 Å². The molecule has 0 bridgehead atoms. The highest BCUT2D eigenvalue weighted by molar-refractivity contribution is 6.23. The summed E-state index contributed by atoms with van der Waals surface area (Å²) in [6.45, 7) is 7.67. The second-order valence-electron chi connectivity index (χ2n) is 17.0. The molecular weight excluding hydrogens is 757 g/mol. The Morgan fingerprint density at radius 3 is 2.27 bits per heavy atom. The van der Waals surface area contributed by atoms with Crippen molar-refractivity contribution in [2.24, 2.45) is 5.92 Å². The second kappa shape index (κ2) is 17.4. The van der Waals surface area contributed by atoms with Crippen LogP contribution in [0, 0.1) is 17.2 Å². The topological polar surface area (TPSA) is 151 Å². The molecule has 13 heteroatoms. The van der Waals surface area contributed by atoms with Crippen molar-refractivity contribution in [1.29, 1.82) is 5.26 Å². The first kappa shape index (κ1) is 39.6. The van der Waals surface area contributed by atoms with Crippen LogP contribution < -0.4 is 25.2 Å². The molecule has 4 fully saturated rings. The first-order valence-corrected chi connectivity index (χ1v) is 21.7. The summed E-state index contributed by atoms with van der Waals surface area (Å²) in [5.74, 6) is -0.381. The van der Waals surface area contributed by atoms with Crippen LogP contribution in [0.15, 0.2) is 72.9 Å². The quantitative estimate of drug-likeness (QED) is 0.187. The van der Waals surface area contributed by atoms with Crippen LogP contribution in [0.3, 0.4) is 0 Å². The Morgan fingerprint density at radius 2 is 1.52 bits per heavy atom. The third-order valence-electron chi connectivity index (χ3n) is 13.3. The number of hydrogen-bond acceptors (Lipinski definition) is 11. The van der Waals surface area contributed by atoms with E-state index in [4.69, 9.17) is 4.74 Å².